The molecule has 0 aromatic rings. The summed E-state index contributed by atoms with van der Waals surface area (Å²) in [5.74, 6) is 3.50. The number of nitrogens with two attached hydrogens (primary N) is 1. The van der Waals surface area contributed by atoms with Crippen molar-refractivity contribution in [1.29, 1.82) is 0 Å². The minimum absolute atomic E-state index is 0.0200. The highest BCUT2D eigenvalue weighted by Gasteiger charge is 2.59. The molecular formula is C19H33NO. The van der Waals surface area contributed by atoms with E-state index in [-0.39, 0.29) is 6.10 Å². The van der Waals surface area contributed by atoms with E-state index in [0.717, 1.165) is 36.5 Å². The van der Waals surface area contributed by atoms with Crippen LogP contribution < -0.4 is 5.73 Å². The van der Waals surface area contributed by atoms with Crippen molar-refractivity contribution >= 4 is 0 Å². The maximum absolute atomic E-state index is 10.1. The minimum Gasteiger partial charge on any atom is -0.393 e. The zero-order valence-corrected chi connectivity index (χ0v) is 13.9. The second-order valence-electron chi connectivity index (χ2n) is 9.31. The third-order valence-corrected chi connectivity index (χ3v) is 8.71. The molecule has 0 bridgehead atoms. The lowest BCUT2D eigenvalue weighted by Crippen LogP contribution is -2.55. The highest BCUT2D eigenvalue weighted by molar-refractivity contribution is 5.10. The molecule has 4 rings (SSSR count). The first-order chi connectivity index (χ1) is 9.95. The van der Waals surface area contributed by atoms with Crippen LogP contribution in [0.5, 0.6) is 0 Å². The standard InChI is InChI=1S/C19H33NO/c1-18-9-7-13(21)11-12(18)3-4-14-15-5-6-17(20)19(15,2)10-8-16(14)18/h12-17,21H,3-11,20H2,1-2H3/t12-,13+,14-,15+,16-,17+,18-,19+/m0/s1. The van der Waals surface area contributed by atoms with Crippen LogP contribution in [-0.4, -0.2) is 17.3 Å². The van der Waals surface area contributed by atoms with Crippen LogP contribution in [0.15, 0.2) is 0 Å². The zero-order valence-electron chi connectivity index (χ0n) is 13.9. The van der Waals surface area contributed by atoms with Crippen LogP contribution in [0, 0.1) is 34.5 Å². The lowest BCUT2D eigenvalue weighted by Gasteiger charge is -2.60. The minimum atomic E-state index is -0.0200. The Morgan fingerprint density at radius 1 is 0.857 bits per heavy atom. The first kappa shape index (κ1) is 14.5. The van der Waals surface area contributed by atoms with Crippen molar-refractivity contribution in [3.05, 3.63) is 0 Å². The summed E-state index contributed by atoms with van der Waals surface area (Å²) in [5, 5.41) is 10.1. The Morgan fingerprint density at radius 2 is 1.57 bits per heavy atom. The molecular weight excluding hydrogens is 258 g/mol. The van der Waals surface area contributed by atoms with E-state index in [4.69, 9.17) is 5.73 Å². The first-order valence-electron chi connectivity index (χ1n) is 9.39. The van der Waals surface area contributed by atoms with Crippen LogP contribution in [0.2, 0.25) is 0 Å². The molecule has 21 heavy (non-hydrogen) atoms. The molecule has 0 aromatic heterocycles. The molecule has 3 N–H and O–H groups in total. The maximum atomic E-state index is 10.1. The van der Waals surface area contributed by atoms with Crippen molar-refractivity contribution in [3.63, 3.8) is 0 Å². The molecule has 2 nitrogen and oxygen atoms in total. The van der Waals surface area contributed by atoms with Gasteiger partial charge in [-0.05, 0) is 92.3 Å². The largest absolute Gasteiger partial charge is 0.393 e. The van der Waals surface area contributed by atoms with Crippen molar-refractivity contribution in [2.24, 2.45) is 40.2 Å². The van der Waals surface area contributed by atoms with E-state index in [2.05, 4.69) is 13.8 Å². The Morgan fingerprint density at radius 3 is 2.38 bits per heavy atom. The van der Waals surface area contributed by atoms with Crippen LogP contribution in [-0.2, 0) is 0 Å². The molecule has 0 spiro atoms. The molecule has 4 saturated carbocycles. The predicted octanol–water partition coefficient (Wildman–Crippen LogP) is 3.72. The molecule has 120 valence electrons. The van der Waals surface area contributed by atoms with E-state index in [9.17, 15) is 5.11 Å². The van der Waals surface area contributed by atoms with Gasteiger partial charge in [0.25, 0.3) is 0 Å². The van der Waals surface area contributed by atoms with E-state index in [1.54, 1.807) is 0 Å². The van der Waals surface area contributed by atoms with Crippen LogP contribution in [0.25, 0.3) is 0 Å². The van der Waals surface area contributed by atoms with Gasteiger partial charge in [-0.1, -0.05) is 13.8 Å². The van der Waals surface area contributed by atoms with Crippen LogP contribution in [0.4, 0.5) is 0 Å². The molecule has 0 aliphatic heterocycles. The van der Waals surface area contributed by atoms with Gasteiger partial charge < -0.3 is 10.8 Å². The summed E-state index contributed by atoms with van der Waals surface area (Å²) in [6.07, 6.45) is 11.5. The quantitative estimate of drug-likeness (QED) is 0.714. The van der Waals surface area contributed by atoms with E-state index >= 15 is 0 Å². The number of aliphatic hydroxyl groups is 1. The Hall–Kier alpha value is -0.0800. The average Bonchev–Trinajstić information content (AvgIpc) is 2.76. The van der Waals surface area contributed by atoms with Gasteiger partial charge in [0.15, 0.2) is 0 Å². The van der Waals surface area contributed by atoms with Crippen LogP contribution in [0.1, 0.15) is 71.6 Å². The second-order valence-corrected chi connectivity index (χ2v) is 9.31. The van der Waals surface area contributed by atoms with Gasteiger partial charge in [0, 0.05) is 6.04 Å². The number of rotatable bonds is 0. The number of hydrogen-bond acceptors (Lipinski definition) is 2. The highest BCUT2D eigenvalue weighted by Crippen LogP contribution is 2.65. The molecule has 2 heteroatoms. The van der Waals surface area contributed by atoms with Gasteiger partial charge in [-0.2, -0.15) is 0 Å². The van der Waals surface area contributed by atoms with Gasteiger partial charge in [-0.25, -0.2) is 0 Å². The molecule has 8 atom stereocenters. The topological polar surface area (TPSA) is 46.2 Å². The fourth-order valence-electron chi connectivity index (χ4n) is 7.28. The van der Waals surface area contributed by atoms with Crippen molar-refractivity contribution in [3.8, 4) is 0 Å². The predicted molar refractivity (Wildman–Crippen MR) is 85.7 cm³/mol. The third-order valence-electron chi connectivity index (χ3n) is 8.71. The molecule has 0 radical (unpaired) electrons. The smallest absolute Gasteiger partial charge is 0.0543 e. The van der Waals surface area contributed by atoms with Crippen molar-refractivity contribution in [2.45, 2.75) is 83.8 Å². The first-order valence-corrected chi connectivity index (χ1v) is 9.39. The normalized spacial score (nSPS) is 60.0. The molecule has 4 aliphatic carbocycles. The molecule has 0 amide bonds. The lowest BCUT2D eigenvalue weighted by molar-refractivity contribution is -0.122. The number of aliphatic hydroxyl groups excluding tert-OH is 1. The Balaban J connectivity index is 1.62. The average molecular weight is 291 g/mol. The maximum Gasteiger partial charge on any atom is 0.0543 e. The summed E-state index contributed by atoms with van der Waals surface area (Å²) in [7, 11) is 0. The monoisotopic (exact) mass is 291 g/mol. The van der Waals surface area contributed by atoms with Crippen molar-refractivity contribution < 1.29 is 5.11 Å². The summed E-state index contributed by atoms with van der Waals surface area (Å²) >= 11 is 0. The Labute approximate surface area is 129 Å². The Kier molecular flexibility index (Phi) is 3.25. The molecule has 4 aliphatic rings. The third kappa shape index (κ3) is 1.91. The SMILES string of the molecule is C[C@@]12CC[C@H]3[C@@H](CC[C@H]4C[C@H](O)CC[C@@]43C)[C@H]1CC[C@H]2N. The lowest BCUT2D eigenvalue weighted by atomic mass is 9.45. The molecule has 0 aromatic carbocycles. The van der Waals surface area contributed by atoms with Crippen molar-refractivity contribution in [2.75, 3.05) is 0 Å². The summed E-state index contributed by atoms with van der Waals surface area (Å²) in [6.45, 7) is 5.06. The van der Waals surface area contributed by atoms with E-state index in [1.165, 1.54) is 44.9 Å². The highest BCUT2D eigenvalue weighted by atomic mass is 16.3. The number of fused-ring (bicyclic) bond motifs is 5. The summed E-state index contributed by atoms with van der Waals surface area (Å²) < 4.78 is 0. The van der Waals surface area contributed by atoms with E-state index < -0.39 is 0 Å². The molecule has 0 unspecified atom stereocenters. The Bertz CT molecular complexity index is 424. The summed E-state index contributed by atoms with van der Waals surface area (Å²) in [4.78, 5) is 0. The fourth-order valence-corrected chi connectivity index (χ4v) is 7.28. The van der Waals surface area contributed by atoms with E-state index in [0.29, 0.717) is 16.9 Å². The van der Waals surface area contributed by atoms with Crippen LogP contribution >= 0.6 is 0 Å². The zero-order chi connectivity index (χ0) is 14.8. The van der Waals surface area contributed by atoms with E-state index in [1.807, 2.05) is 0 Å². The van der Waals surface area contributed by atoms with Gasteiger partial charge >= 0.3 is 0 Å². The van der Waals surface area contributed by atoms with Gasteiger partial charge in [-0.3, -0.25) is 0 Å². The summed E-state index contributed by atoms with van der Waals surface area (Å²) in [5.41, 5.74) is 7.43. The number of hydrogen-bond donors (Lipinski definition) is 2. The van der Waals surface area contributed by atoms with Gasteiger partial charge in [-0.15, -0.1) is 0 Å². The summed E-state index contributed by atoms with van der Waals surface area (Å²) in [6, 6.07) is 0.446. The molecule has 4 fully saturated rings. The van der Waals surface area contributed by atoms with Crippen molar-refractivity contribution in [1.82, 2.24) is 0 Å². The van der Waals surface area contributed by atoms with Gasteiger partial charge in [0.2, 0.25) is 0 Å². The second kappa shape index (κ2) is 4.71. The fraction of sp³-hybridized carbons (Fsp3) is 1.00. The van der Waals surface area contributed by atoms with Crippen LogP contribution in [0.3, 0.4) is 0 Å². The van der Waals surface area contributed by atoms with Gasteiger partial charge in [0.05, 0.1) is 6.10 Å². The molecule has 0 heterocycles. The van der Waals surface area contributed by atoms with Gasteiger partial charge in [0.1, 0.15) is 0 Å². The molecule has 0 saturated heterocycles.